The van der Waals surface area contributed by atoms with Crippen molar-refractivity contribution in [1.29, 1.82) is 5.26 Å². The fourth-order valence-corrected chi connectivity index (χ4v) is 4.96. The van der Waals surface area contributed by atoms with E-state index in [2.05, 4.69) is 16.4 Å². The van der Waals surface area contributed by atoms with Crippen LogP contribution in [0.3, 0.4) is 0 Å². The number of pyridine rings is 1. The van der Waals surface area contributed by atoms with Gasteiger partial charge >= 0.3 is 0 Å². The standard InChI is InChI=1S/C26H27N5O2/c1-30-20(15-27)8-12-23(30)18-7-11-22-24(14-18)31(16-19-4-3-13-28-25(19)29-22)26(32)17-5-9-21(33-2)10-6-17/h3-4,7-8,11-14,17,21H,5-6,9-10,16H2,1-2H3,(H,28,29). The zero-order valence-electron chi connectivity index (χ0n) is 18.9. The summed E-state index contributed by atoms with van der Waals surface area (Å²) in [7, 11) is 3.63. The topological polar surface area (TPSA) is 83.2 Å². The highest BCUT2D eigenvalue weighted by Crippen LogP contribution is 2.40. The third-order valence-electron chi connectivity index (χ3n) is 6.92. The van der Waals surface area contributed by atoms with Crippen LogP contribution in [0.4, 0.5) is 17.2 Å². The zero-order chi connectivity index (χ0) is 22.9. The van der Waals surface area contributed by atoms with Gasteiger partial charge in [-0.3, -0.25) is 4.79 Å². The van der Waals surface area contributed by atoms with Crippen LogP contribution in [-0.4, -0.2) is 28.7 Å². The monoisotopic (exact) mass is 441 g/mol. The van der Waals surface area contributed by atoms with Crippen LogP contribution in [0.25, 0.3) is 11.3 Å². The van der Waals surface area contributed by atoms with Crippen LogP contribution >= 0.6 is 0 Å². The van der Waals surface area contributed by atoms with Crippen molar-refractivity contribution in [2.24, 2.45) is 13.0 Å². The van der Waals surface area contributed by atoms with Gasteiger partial charge in [-0.25, -0.2) is 4.98 Å². The molecule has 1 aliphatic carbocycles. The maximum absolute atomic E-state index is 13.8. The van der Waals surface area contributed by atoms with E-state index in [0.717, 1.165) is 59.7 Å². The number of amides is 1. The molecule has 1 aromatic carbocycles. The van der Waals surface area contributed by atoms with Crippen LogP contribution in [0.2, 0.25) is 0 Å². The number of nitrogens with one attached hydrogen (secondary N) is 1. The van der Waals surface area contributed by atoms with Crippen molar-refractivity contribution in [3.05, 3.63) is 59.9 Å². The average molecular weight is 442 g/mol. The molecule has 5 rings (SSSR count). The second kappa shape index (κ2) is 8.72. The van der Waals surface area contributed by atoms with Gasteiger partial charge in [0.05, 0.1) is 24.0 Å². The maximum Gasteiger partial charge on any atom is 0.230 e. The molecule has 3 heterocycles. The van der Waals surface area contributed by atoms with Crippen molar-refractivity contribution in [3.63, 3.8) is 0 Å². The SMILES string of the molecule is COC1CCC(C(=O)N2Cc3cccnc3Nc3ccc(-c4ccc(C#N)n4C)cc32)CC1. The summed E-state index contributed by atoms with van der Waals surface area (Å²) in [5.74, 6) is 0.896. The first-order valence-electron chi connectivity index (χ1n) is 11.3. The normalized spacial score (nSPS) is 19.6. The lowest BCUT2D eigenvalue weighted by Crippen LogP contribution is -2.38. The predicted molar refractivity (Wildman–Crippen MR) is 127 cm³/mol. The molecule has 33 heavy (non-hydrogen) atoms. The Morgan fingerprint density at radius 3 is 2.73 bits per heavy atom. The Hall–Kier alpha value is -3.63. The van der Waals surface area contributed by atoms with Gasteiger partial charge in [0.2, 0.25) is 5.91 Å². The number of fused-ring (bicyclic) bond motifs is 2. The number of hydrogen-bond donors (Lipinski definition) is 1. The molecule has 7 heteroatoms. The maximum atomic E-state index is 13.8. The average Bonchev–Trinajstić information content (AvgIpc) is 3.14. The van der Waals surface area contributed by atoms with Crippen molar-refractivity contribution >= 4 is 23.1 Å². The molecule has 3 aromatic rings. The van der Waals surface area contributed by atoms with E-state index in [4.69, 9.17) is 4.74 Å². The molecule has 168 valence electrons. The summed E-state index contributed by atoms with van der Waals surface area (Å²) in [4.78, 5) is 20.2. The first kappa shape index (κ1) is 21.2. The molecular formula is C26H27N5O2. The van der Waals surface area contributed by atoms with Crippen LogP contribution in [0, 0.1) is 17.2 Å². The first-order valence-corrected chi connectivity index (χ1v) is 11.3. The summed E-state index contributed by atoms with van der Waals surface area (Å²) in [6.45, 7) is 0.465. The van der Waals surface area contributed by atoms with Crippen LogP contribution < -0.4 is 10.2 Å². The molecule has 0 atom stereocenters. The van der Waals surface area contributed by atoms with Gasteiger partial charge in [0.25, 0.3) is 0 Å². The molecule has 1 N–H and O–H groups in total. The van der Waals surface area contributed by atoms with Gasteiger partial charge in [-0.15, -0.1) is 0 Å². The number of carbonyl (C=O) groups is 1. The Bertz CT molecular complexity index is 1230. The number of nitriles is 1. The van der Waals surface area contributed by atoms with Gasteiger partial charge in [0, 0.05) is 43.1 Å². The molecule has 7 nitrogen and oxygen atoms in total. The fourth-order valence-electron chi connectivity index (χ4n) is 4.96. The third kappa shape index (κ3) is 3.87. The Morgan fingerprint density at radius 1 is 1.18 bits per heavy atom. The summed E-state index contributed by atoms with van der Waals surface area (Å²) in [5, 5.41) is 12.8. The smallest absolute Gasteiger partial charge is 0.230 e. The Balaban J connectivity index is 1.56. The van der Waals surface area contributed by atoms with Crippen molar-refractivity contribution in [2.45, 2.75) is 38.3 Å². The number of ether oxygens (including phenoxy) is 1. The summed E-state index contributed by atoms with van der Waals surface area (Å²) < 4.78 is 7.38. The van der Waals surface area contributed by atoms with Crippen LogP contribution in [0.5, 0.6) is 0 Å². The predicted octanol–water partition coefficient (Wildman–Crippen LogP) is 4.75. The number of anilines is 3. The molecule has 0 unspecified atom stereocenters. The quantitative estimate of drug-likeness (QED) is 0.634. The zero-order valence-corrected chi connectivity index (χ0v) is 18.9. The number of methoxy groups -OCH3 is 1. The van der Waals surface area contributed by atoms with Gasteiger partial charge in [0.15, 0.2) is 0 Å². The molecular weight excluding hydrogens is 414 g/mol. The van der Waals surface area contributed by atoms with Crippen LogP contribution in [-0.2, 0) is 23.1 Å². The summed E-state index contributed by atoms with van der Waals surface area (Å²) in [6.07, 6.45) is 5.49. The minimum atomic E-state index is -0.0219. The second-order valence-corrected chi connectivity index (χ2v) is 8.78. The molecule has 2 aliphatic rings. The second-order valence-electron chi connectivity index (χ2n) is 8.78. The summed E-state index contributed by atoms with van der Waals surface area (Å²) in [6, 6.07) is 16.0. The molecule has 1 amide bonds. The van der Waals surface area contributed by atoms with E-state index in [1.54, 1.807) is 13.3 Å². The number of carbonyl (C=O) groups excluding carboxylic acids is 1. The largest absolute Gasteiger partial charge is 0.381 e. The number of benzene rings is 1. The van der Waals surface area contributed by atoms with Crippen molar-refractivity contribution in [1.82, 2.24) is 9.55 Å². The Morgan fingerprint density at radius 2 is 2.00 bits per heavy atom. The number of hydrogen-bond acceptors (Lipinski definition) is 5. The van der Waals surface area contributed by atoms with Gasteiger partial charge in [-0.2, -0.15) is 5.26 Å². The highest BCUT2D eigenvalue weighted by molar-refractivity contribution is 6.00. The molecule has 0 saturated heterocycles. The van der Waals surface area contributed by atoms with Crippen molar-refractivity contribution in [2.75, 3.05) is 17.3 Å². The van der Waals surface area contributed by atoms with Crippen LogP contribution in [0.15, 0.2) is 48.7 Å². The van der Waals surface area contributed by atoms with E-state index in [1.165, 1.54) is 0 Å². The Kier molecular flexibility index (Phi) is 5.61. The molecule has 0 spiro atoms. The first-order chi connectivity index (χ1) is 16.1. The van der Waals surface area contributed by atoms with Gasteiger partial charge in [0.1, 0.15) is 17.6 Å². The fraction of sp³-hybridized carbons (Fsp3) is 0.346. The minimum Gasteiger partial charge on any atom is -0.381 e. The Labute approximate surface area is 193 Å². The number of nitrogens with zero attached hydrogens (tertiary/aromatic N) is 4. The van der Waals surface area contributed by atoms with E-state index >= 15 is 0 Å². The lowest BCUT2D eigenvalue weighted by Gasteiger charge is -2.32. The van der Waals surface area contributed by atoms with Gasteiger partial charge in [-0.05, 0) is 56.0 Å². The van der Waals surface area contributed by atoms with E-state index in [-0.39, 0.29) is 17.9 Å². The van der Waals surface area contributed by atoms with E-state index in [0.29, 0.717) is 12.2 Å². The molecule has 1 aliphatic heterocycles. The minimum absolute atomic E-state index is 0.0219. The highest BCUT2D eigenvalue weighted by Gasteiger charge is 2.33. The molecule has 0 radical (unpaired) electrons. The summed E-state index contributed by atoms with van der Waals surface area (Å²) in [5.41, 5.74) is 5.16. The third-order valence-corrected chi connectivity index (χ3v) is 6.92. The number of aromatic nitrogens is 2. The van der Waals surface area contributed by atoms with Crippen molar-refractivity contribution < 1.29 is 9.53 Å². The van der Waals surface area contributed by atoms with Gasteiger partial charge < -0.3 is 19.5 Å². The lowest BCUT2D eigenvalue weighted by atomic mass is 9.86. The van der Waals surface area contributed by atoms with Gasteiger partial charge in [-0.1, -0.05) is 12.1 Å². The molecule has 0 bridgehead atoms. The molecule has 2 aromatic heterocycles. The van der Waals surface area contributed by atoms with E-state index in [9.17, 15) is 10.1 Å². The van der Waals surface area contributed by atoms with Crippen molar-refractivity contribution in [3.8, 4) is 17.3 Å². The summed E-state index contributed by atoms with van der Waals surface area (Å²) >= 11 is 0. The number of rotatable bonds is 3. The van der Waals surface area contributed by atoms with E-state index < -0.39 is 0 Å². The lowest BCUT2D eigenvalue weighted by molar-refractivity contribution is -0.124. The molecule has 1 fully saturated rings. The molecule has 1 saturated carbocycles. The highest BCUT2D eigenvalue weighted by atomic mass is 16.5. The van der Waals surface area contributed by atoms with E-state index in [1.807, 2.05) is 59.0 Å². The van der Waals surface area contributed by atoms with Crippen LogP contribution in [0.1, 0.15) is 36.9 Å².